The van der Waals surface area contributed by atoms with Crippen LogP contribution in [0.5, 0.6) is 0 Å². The first-order valence-electron chi connectivity index (χ1n) is 12.2. The minimum absolute atomic E-state index is 0.658. The molecule has 0 amide bonds. The summed E-state index contributed by atoms with van der Waals surface area (Å²) in [6.07, 6.45) is 15.2. The van der Waals surface area contributed by atoms with Gasteiger partial charge >= 0.3 is 0 Å². The third kappa shape index (κ3) is 22.1. The monoisotopic (exact) mass is 402 g/mol. The second kappa shape index (κ2) is 24.9. The number of hydrogen-bond donors (Lipinski definition) is 0. The number of rotatable bonds is 24. The highest BCUT2D eigenvalue weighted by Crippen LogP contribution is 2.12. The van der Waals surface area contributed by atoms with E-state index in [9.17, 15) is 0 Å². The first-order chi connectivity index (χ1) is 13.8. The molecular weight excluding hydrogens is 352 g/mol. The van der Waals surface area contributed by atoms with Crippen molar-refractivity contribution in [1.82, 2.24) is 0 Å². The molecule has 0 N–H and O–H groups in total. The SMILES string of the molecule is CCCCCCCCOCCCCOCCOCCOCC(CC)CCCC. The van der Waals surface area contributed by atoms with Gasteiger partial charge in [0.05, 0.1) is 26.4 Å². The highest BCUT2D eigenvalue weighted by Gasteiger charge is 2.05. The summed E-state index contributed by atoms with van der Waals surface area (Å²) in [6, 6.07) is 0. The van der Waals surface area contributed by atoms with Gasteiger partial charge in [-0.3, -0.25) is 0 Å². The second-order valence-electron chi connectivity index (χ2n) is 7.80. The molecule has 4 nitrogen and oxygen atoms in total. The Morgan fingerprint density at radius 2 is 0.929 bits per heavy atom. The van der Waals surface area contributed by atoms with E-state index >= 15 is 0 Å². The highest BCUT2D eigenvalue weighted by molar-refractivity contribution is 4.55. The van der Waals surface area contributed by atoms with Crippen LogP contribution in [0, 0.1) is 5.92 Å². The van der Waals surface area contributed by atoms with Crippen LogP contribution in [0.25, 0.3) is 0 Å². The molecule has 170 valence electrons. The molecule has 0 fully saturated rings. The molecule has 0 saturated carbocycles. The van der Waals surface area contributed by atoms with E-state index in [0.717, 1.165) is 39.3 Å². The molecule has 0 spiro atoms. The average Bonchev–Trinajstić information content (AvgIpc) is 2.72. The molecule has 0 aromatic heterocycles. The van der Waals surface area contributed by atoms with Crippen molar-refractivity contribution >= 4 is 0 Å². The molecular formula is C24H50O4. The van der Waals surface area contributed by atoms with Gasteiger partial charge in [-0.1, -0.05) is 72.1 Å². The summed E-state index contributed by atoms with van der Waals surface area (Å²) in [5.74, 6) is 0.707. The molecule has 0 radical (unpaired) electrons. The topological polar surface area (TPSA) is 36.9 Å². The van der Waals surface area contributed by atoms with E-state index in [4.69, 9.17) is 18.9 Å². The van der Waals surface area contributed by atoms with Gasteiger partial charge in [0.1, 0.15) is 0 Å². The van der Waals surface area contributed by atoms with Crippen LogP contribution in [0.15, 0.2) is 0 Å². The summed E-state index contributed by atoms with van der Waals surface area (Å²) >= 11 is 0. The Hall–Kier alpha value is -0.160. The van der Waals surface area contributed by atoms with Gasteiger partial charge in [-0.05, 0) is 31.6 Å². The minimum Gasteiger partial charge on any atom is -0.381 e. The molecule has 0 heterocycles. The van der Waals surface area contributed by atoms with E-state index < -0.39 is 0 Å². The Morgan fingerprint density at radius 3 is 1.54 bits per heavy atom. The summed E-state index contributed by atoms with van der Waals surface area (Å²) in [6.45, 7) is 12.9. The lowest BCUT2D eigenvalue weighted by Gasteiger charge is -2.14. The van der Waals surface area contributed by atoms with Crippen molar-refractivity contribution in [2.75, 3.05) is 52.9 Å². The highest BCUT2D eigenvalue weighted by atomic mass is 16.5. The Bertz CT molecular complexity index is 273. The van der Waals surface area contributed by atoms with Crippen molar-refractivity contribution in [3.05, 3.63) is 0 Å². The van der Waals surface area contributed by atoms with Gasteiger partial charge in [0.25, 0.3) is 0 Å². The molecule has 0 aromatic rings. The lowest BCUT2D eigenvalue weighted by molar-refractivity contribution is 0.00494. The van der Waals surface area contributed by atoms with Gasteiger partial charge in [0.15, 0.2) is 0 Å². The van der Waals surface area contributed by atoms with Crippen LogP contribution in [-0.2, 0) is 18.9 Å². The molecule has 4 heteroatoms. The Labute approximate surface area is 176 Å². The van der Waals surface area contributed by atoms with Crippen LogP contribution >= 0.6 is 0 Å². The lowest BCUT2D eigenvalue weighted by atomic mass is 10.0. The third-order valence-corrected chi connectivity index (χ3v) is 5.11. The normalized spacial score (nSPS) is 12.5. The van der Waals surface area contributed by atoms with Crippen LogP contribution in [-0.4, -0.2) is 52.9 Å². The van der Waals surface area contributed by atoms with Crippen molar-refractivity contribution < 1.29 is 18.9 Å². The van der Waals surface area contributed by atoms with Gasteiger partial charge < -0.3 is 18.9 Å². The molecule has 0 aliphatic carbocycles. The molecule has 0 rings (SSSR count). The second-order valence-corrected chi connectivity index (χ2v) is 7.80. The van der Waals surface area contributed by atoms with Crippen LogP contribution in [0.3, 0.4) is 0 Å². The molecule has 0 saturated heterocycles. The number of hydrogen-bond acceptors (Lipinski definition) is 4. The molecule has 0 aliphatic rings. The molecule has 0 bridgehead atoms. The number of ether oxygens (including phenoxy) is 4. The predicted octanol–water partition coefficient (Wildman–Crippen LogP) is 6.41. The molecule has 0 aliphatic heterocycles. The van der Waals surface area contributed by atoms with Crippen molar-refractivity contribution in [3.63, 3.8) is 0 Å². The maximum Gasteiger partial charge on any atom is 0.0701 e. The third-order valence-electron chi connectivity index (χ3n) is 5.11. The maximum atomic E-state index is 5.73. The smallest absolute Gasteiger partial charge is 0.0701 e. The van der Waals surface area contributed by atoms with Crippen molar-refractivity contribution in [2.45, 2.75) is 97.8 Å². The molecule has 1 unspecified atom stereocenters. The van der Waals surface area contributed by atoms with E-state index in [1.807, 2.05) is 0 Å². The Balaban J connectivity index is 3.10. The maximum absolute atomic E-state index is 5.73. The van der Waals surface area contributed by atoms with Crippen LogP contribution in [0.2, 0.25) is 0 Å². The van der Waals surface area contributed by atoms with Crippen molar-refractivity contribution in [1.29, 1.82) is 0 Å². The zero-order valence-corrected chi connectivity index (χ0v) is 19.4. The fraction of sp³-hybridized carbons (Fsp3) is 1.00. The van der Waals surface area contributed by atoms with E-state index in [-0.39, 0.29) is 0 Å². The summed E-state index contributed by atoms with van der Waals surface area (Å²) < 4.78 is 22.6. The van der Waals surface area contributed by atoms with Gasteiger partial charge in [-0.25, -0.2) is 0 Å². The van der Waals surface area contributed by atoms with Gasteiger partial charge in [0.2, 0.25) is 0 Å². The summed E-state index contributed by atoms with van der Waals surface area (Å²) in [4.78, 5) is 0. The minimum atomic E-state index is 0.658. The number of unbranched alkanes of at least 4 members (excludes halogenated alkanes) is 7. The fourth-order valence-electron chi connectivity index (χ4n) is 3.08. The standard InChI is InChI=1S/C24H50O4/c1-4-7-9-10-11-12-16-25-17-13-14-18-26-19-20-27-21-22-28-23-24(6-3)15-8-5-2/h24H,4-23H2,1-3H3. The zero-order valence-electron chi connectivity index (χ0n) is 19.4. The molecule has 28 heavy (non-hydrogen) atoms. The summed E-state index contributed by atoms with van der Waals surface area (Å²) in [7, 11) is 0. The molecule has 1 atom stereocenters. The van der Waals surface area contributed by atoms with Crippen LogP contribution < -0.4 is 0 Å². The van der Waals surface area contributed by atoms with Crippen molar-refractivity contribution in [3.8, 4) is 0 Å². The van der Waals surface area contributed by atoms with Crippen LogP contribution in [0.1, 0.15) is 97.8 Å². The lowest BCUT2D eigenvalue weighted by Crippen LogP contribution is -2.14. The molecule has 0 aromatic carbocycles. The van der Waals surface area contributed by atoms with E-state index in [1.54, 1.807) is 0 Å². The largest absolute Gasteiger partial charge is 0.381 e. The van der Waals surface area contributed by atoms with E-state index in [0.29, 0.717) is 32.3 Å². The van der Waals surface area contributed by atoms with Gasteiger partial charge in [-0.15, -0.1) is 0 Å². The quantitative estimate of drug-likeness (QED) is 0.175. The van der Waals surface area contributed by atoms with Gasteiger partial charge in [-0.2, -0.15) is 0 Å². The fourth-order valence-corrected chi connectivity index (χ4v) is 3.08. The first-order valence-corrected chi connectivity index (χ1v) is 12.2. The summed E-state index contributed by atoms with van der Waals surface area (Å²) in [5.41, 5.74) is 0. The predicted molar refractivity (Wildman–Crippen MR) is 119 cm³/mol. The summed E-state index contributed by atoms with van der Waals surface area (Å²) in [5, 5.41) is 0. The van der Waals surface area contributed by atoms with E-state index in [1.165, 1.54) is 64.2 Å². The van der Waals surface area contributed by atoms with E-state index in [2.05, 4.69) is 20.8 Å². The average molecular weight is 403 g/mol. The van der Waals surface area contributed by atoms with Crippen molar-refractivity contribution in [2.24, 2.45) is 5.92 Å². The Morgan fingerprint density at radius 1 is 0.464 bits per heavy atom. The van der Waals surface area contributed by atoms with Crippen LogP contribution in [0.4, 0.5) is 0 Å². The first kappa shape index (κ1) is 27.8. The Kier molecular flexibility index (Phi) is 24.7. The zero-order chi connectivity index (χ0) is 20.5. The van der Waals surface area contributed by atoms with Gasteiger partial charge in [0, 0.05) is 26.4 Å².